The van der Waals surface area contributed by atoms with Crippen LogP contribution in [0.25, 0.3) is 11.4 Å². The number of anilines is 1. The molecule has 1 aromatic heterocycles. The molecule has 1 atom stereocenters. The van der Waals surface area contributed by atoms with Crippen LogP contribution in [-0.2, 0) is 6.54 Å². The first-order valence-electron chi connectivity index (χ1n) is 5.36. The van der Waals surface area contributed by atoms with Crippen molar-refractivity contribution in [1.29, 1.82) is 0 Å². The Labute approximate surface area is 99.2 Å². The number of imidazole rings is 1. The predicted octanol–water partition coefficient (Wildman–Crippen LogP) is 0.485. The highest BCUT2D eigenvalue weighted by molar-refractivity contribution is 5.59. The van der Waals surface area contributed by atoms with Gasteiger partial charge in [0, 0.05) is 23.6 Å². The lowest BCUT2D eigenvalue weighted by molar-refractivity contribution is 0.0816. The molecule has 0 aliphatic heterocycles. The Morgan fingerprint density at radius 3 is 2.65 bits per heavy atom. The summed E-state index contributed by atoms with van der Waals surface area (Å²) in [4.78, 5) is 4.23. The molecule has 2 aromatic rings. The minimum atomic E-state index is -0.781. The van der Waals surface area contributed by atoms with Crippen LogP contribution in [0.1, 0.15) is 0 Å². The molecule has 1 aromatic carbocycles. The fourth-order valence-corrected chi connectivity index (χ4v) is 1.63. The number of benzene rings is 1. The number of nitrogens with zero attached hydrogens (tertiary/aromatic N) is 2. The maximum absolute atomic E-state index is 9.43. The van der Waals surface area contributed by atoms with E-state index in [4.69, 9.17) is 10.8 Å². The van der Waals surface area contributed by atoms with Gasteiger partial charge in [0.2, 0.25) is 0 Å². The largest absolute Gasteiger partial charge is 0.399 e. The maximum Gasteiger partial charge on any atom is 0.139 e. The van der Waals surface area contributed by atoms with Crippen molar-refractivity contribution in [2.75, 3.05) is 12.3 Å². The van der Waals surface area contributed by atoms with Crippen LogP contribution in [0.3, 0.4) is 0 Å². The molecule has 0 aliphatic rings. The summed E-state index contributed by atoms with van der Waals surface area (Å²) < 4.78 is 1.80. The second-order valence-corrected chi connectivity index (χ2v) is 3.86. The van der Waals surface area contributed by atoms with E-state index in [2.05, 4.69) is 4.98 Å². The first kappa shape index (κ1) is 11.6. The molecule has 0 amide bonds. The molecular formula is C12H15N3O2. The van der Waals surface area contributed by atoms with Crippen LogP contribution >= 0.6 is 0 Å². The third-order valence-electron chi connectivity index (χ3n) is 2.50. The van der Waals surface area contributed by atoms with Crippen LogP contribution < -0.4 is 5.73 Å². The van der Waals surface area contributed by atoms with Crippen LogP contribution in [-0.4, -0.2) is 32.5 Å². The van der Waals surface area contributed by atoms with Gasteiger partial charge in [-0.2, -0.15) is 0 Å². The molecule has 0 spiro atoms. The Morgan fingerprint density at radius 1 is 1.29 bits per heavy atom. The average Bonchev–Trinajstić information content (AvgIpc) is 2.78. The lowest BCUT2D eigenvalue weighted by atomic mass is 10.2. The van der Waals surface area contributed by atoms with E-state index >= 15 is 0 Å². The van der Waals surface area contributed by atoms with Crippen molar-refractivity contribution in [3.8, 4) is 11.4 Å². The van der Waals surface area contributed by atoms with Crippen molar-refractivity contribution in [2.45, 2.75) is 12.6 Å². The fourth-order valence-electron chi connectivity index (χ4n) is 1.63. The molecule has 90 valence electrons. The van der Waals surface area contributed by atoms with Crippen LogP contribution in [0.15, 0.2) is 36.7 Å². The first-order valence-corrected chi connectivity index (χ1v) is 5.36. The third-order valence-corrected chi connectivity index (χ3v) is 2.50. The van der Waals surface area contributed by atoms with Gasteiger partial charge >= 0.3 is 0 Å². The molecule has 0 saturated carbocycles. The summed E-state index contributed by atoms with van der Waals surface area (Å²) in [6.45, 7) is 0.0512. The maximum atomic E-state index is 9.43. The molecule has 1 heterocycles. The minimum Gasteiger partial charge on any atom is -0.399 e. The van der Waals surface area contributed by atoms with E-state index < -0.39 is 6.10 Å². The van der Waals surface area contributed by atoms with Gasteiger partial charge in [0.1, 0.15) is 5.82 Å². The highest BCUT2D eigenvalue weighted by Crippen LogP contribution is 2.19. The first-order chi connectivity index (χ1) is 8.20. The van der Waals surface area contributed by atoms with Gasteiger partial charge in [0.05, 0.1) is 19.3 Å². The molecule has 0 bridgehead atoms. The Balaban J connectivity index is 2.27. The molecule has 4 N–H and O–H groups in total. The summed E-state index contributed by atoms with van der Waals surface area (Å²) in [5.41, 5.74) is 7.24. The highest BCUT2D eigenvalue weighted by Gasteiger charge is 2.09. The normalized spacial score (nSPS) is 12.6. The molecule has 0 aliphatic carbocycles. The SMILES string of the molecule is Nc1ccc(-c2nccn2CC(O)CO)cc1. The lowest BCUT2D eigenvalue weighted by Gasteiger charge is -2.11. The van der Waals surface area contributed by atoms with Crippen molar-refractivity contribution in [1.82, 2.24) is 9.55 Å². The van der Waals surface area contributed by atoms with E-state index in [1.807, 2.05) is 12.1 Å². The van der Waals surface area contributed by atoms with Gasteiger partial charge < -0.3 is 20.5 Å². The van der Waals surface area contributed by atoms with Crippen LogP contribution in [0, 0.1) is 0 Å². The zero-order valence-electron chi connectivity index (χ0n) is 9.32. The van der Waals surface area contributed by atoms with Gasteiger partial charge in [-0.3, -0.25) is 0 Å². The van der Waals surface area contributed by atoms with Gasteiger partial charge in [-0.15, -0.1) is 0 Å². The number of hydrogen-bond acceptors (Lipinski definition) is 4. The van der Waals surface area contributed by atoms with Gasteiger partial charge in [0.15, 0.2) is 0 Å². The third kappa shape index (κ3) is 2.64. The molecule has 17 heavy (non-hydrogen) atoms. The van der Waals surface area contributed by atoms with Crippen molar-refractivity contribution >= 4 is 5.69 Å². The predicted molar refractivity (Wildman–Crippen MR) is 65.2 cm³/mol. The van der Waals surface area contributed by atoms with Crippen molar-refractivity contribution in [3.05, 3.63) is 36.7 Å². The number of hydrogen-bond donors (Lipinski definition) is 3. The average molecular weight is 233 g/mol. The molecule has 5 nitrogen and oxygen atoms in total. The Morgan fingerprint density at radius 2 is 2.00 bits per heavy atom. The number of nitrogens with two attached hydrogens (primary N) is 1. The Hall–Kier alpha value is -1.85. The highest BCUT2D eigenvalue weighted by atomic mass is 16.3. The smallest absolute Gasteiger partial charge is 0.139 e. The Kier molecular flexibility index (Phi) is 3.41. The van der Waals surface area contributed by atoms with E-state index in [0.29, 0.717) is 12.2 Å². The molecule has 1 unspecified atom stereocenters. The standard InChI is InChI=1S/C12H15N3O2/c13-10-3-1-9(2-4-10)12-14-5-6-15(12)7-11(17)8-16/h1-6,11,16-17H,7-8,13H2. The quantitative estimate of drug-likeness (QED) is 0.671. The van der Waals surface area contributed by atoms with Crippen molar-refractivity contribution in [2.24, 2.45) is 0 Å². The molecule has 0 saturated heterocycles. The van der Waals surface area contributed by atoms with E-state index in [9.17, 15) is 5.11 Å². The van der Waals surface area contributed by atoms with Gasteiger partial charge in [0.25, 0.3) is 0 Å². The van der Waals surface area contributed by atoms with Crippen LogP contribution in [0.4, 0.5) is 5.69 Å². The second-order valence-electron chi connectivity index (χ2n) is 3.86. The van der Waals surface area contributed by atoms with Crippen LogP contribution in [0.2, 0.25) is 0 Å². The topological polar surface area (TPSA) is 84.3 Å². The van der Waals surface area contributed by atoms with E-state index in [1.165, 1.54) is 0 Å². The summed E-state index contributed by atoms with van der Waals surface area (Å²) >= 11 is 0. The number of aliphatic hydroxyl groups is 2. The van der Waals surface area contributed by atoms with E-state index in [1.54, 1.807) is 29.1 Å². The van der Waals surface area contributed by atoms with Gasteiger partial charge in [-0.25, -0.2) is 4.98 Å². The van der Waals surface area contributed by atoms with Crippen LogP contribution in [0.5, 0.6) is 0 Å². The summed E-state index contributed by atoms with van der Waals surface area (Å²) in [6, 6.07) is 7.35. The fraction of sp³-hybridized carbons (Fsp3) is 0.250. The second kappa shape index (κ2) is 4.99. The summed E-state index contributed by atoms with van der Waals surface area (Å²) in [5, 5.41) is 18.3. The number of nitrogen functional groups attached to an aromatic ring is 1. The van der Waals surface area contributed by atoms with Gasteiger partial charge in [-0.1, -0.05) is 0 Å². The number of aliphatic hydroxyl groups excluding tert-OH is 2. The molecule has 0 fully saturated rings. The number of rotatable bonds is 4. The Bertz CT molecular complexity index is 479. The molecule has 0 radical (unpaired) electrons. The summed E-state index contributed by atoms with van der Waals surface area (Å²) in [5.74, 6) is 0.748. The lowest BCUT2D eigenvalue weighted by Crippen LogP contribution is -2.19. The summed E-state index contributed by atoms with van der Waals surface area (Å²) in [6.07, 6.45) is 2.65. The molecule has 5 heteroatoms. The van der Waals surface area contributed by atoms with E-state index in [0.717, 1.165) is 11.4 Å². The zero-order valence-corrected chi connectivity index (χ0v) is 9.32. The zero-order chi connectivity index (χ0) is 12.3. The summed E-state index contributed by atoms with van der Waals surface area (Å²) in [7, 11) is 0. The monoisotopic (exact) mass is 233 g/mol. The van der Waals surface area contributed by atoms with Crippen molar-refractivity contribution < 1.29 is 10.2 Å². The molecular weight excluding hydrogens is 218 g/mol. The molecule has 2 rings (SSSR count). The number of aromatic nitrogens is 2. The van der Waals surface area contributed by atoms with E-state index in [-0.39, 0.29) is 6.61 Å². The minimum absolute atomic E-state index is 0.265. The van der Waals surface area contributed by atoms with Crippen molar-refractivity contribution in [3.63, 3.8) is 0 Å². The van der Waals surface area contributed by atoms with Gasteiger partial charge in [-0.05, 0) is 24.3 Å².